The molecule has 1 atom stereocenters. The topological polar surface area (TPSA) is 12.4 Å². The van der Waals surface area contributed by atoms with Gasteiger partial charge in [0.05, 0.1) is 0 Å². The van der Waals surface area contributed by atoms with Crippen LogP contribution in [-0.2, 0) is 0 Å². The molecule has 0 spiro atoms. The molecule has 0 aromatic heterocycles. The summed E-state index contributed by atoms with van der Waals surface area (Å²) in [6.07, 6.45) is 8.70. The lowest BCUT2D eigenvalue weighted by molar-refractivity contribution is 0.558. The average molecular weight is 155 g/mol. The predicted octanol–water partition coefficient (Wildman–Crippen LogP) is 3.29. The third-order valence-corrected chi connectivity index (χ3v) is 2.06. The molecule has 1 unspecified atom stereocenters. The first-order valence-electron chi connectivity index (χ1n) is 4.77. The highest BCUT2D eigenvalue weighted by Crippen LogP contribution is 2.10. The van der Waals surface area contributed by atoms with E-state index in [1.54, 1.807) is 0 Å². The van der Waals surface area contributed by atoms with E-state index in [1.807, 2.05) is 7.05 Å². The molecular weight excluding hydrogens is 134 g/mol. The summed E-state index contributed by atoms with van der Waals surface area (Å²) < 4.78 is 0. The first-order chi connectivity index (χ1) is 5.35. The van der Waals surface area contributed by atoms with Crippen molar-refractivity contribution in [3.63, 3.8) is 0 Å². The summed E-state index contributed by atoms with van der Waals surface area (Å²) in [5, 5.41) is 0. The Morgan fingerprint density at radius 2 is 2.00 bits per heavy atom. The van der Waals surface area contributed by atoms with Gasteiger partial charge in [-0.1, -0.05) is 33.1 Å². The molecule has 0 radical (unpaired) electrons. The van der Waals surface area contributed by atoms with E-state index in [9.17, 15) is 0 Å². The molecule has 11 heavy (non-hydrogen) atoms. The van der Waals surface area contributed by atoms with Crippen LogP contribution in [0, 0.1) is 5.92 Å². The van der Waals surface area contributed by atoms with Gasteiger partial charge in [-0.3, -0.25) is 0 Å². The molecule has 0 aromatic carbocycles. The zero-order valence-electron chi connectivity index (χ0n) is 8.14. The third-order valence-electron chi connectivity index (χ3n) is 2.06. The van der Waals surface area contributed by atoms with Gasteiger partial charge in [0.1, 0.15) is 0 Å². The Hall–Kier alpha value is -0.330. The summed E-state index contributed by atoms with van der Waals surface area (Å²) in [5.74, 6) is 0.728. The number of rotatable bonds is 6. The average Bonchev–Trinajstić information content (AvgIpc) is 2.03. The molecule has 1 heteroatoms. The van der Waals surface area contributed by atoms with Gasteiger partial charge in [0, 0.05) is 13.3 Å². The standard InChI is InChI=1S/C10H21N/c1-4-6-7-8-10(5-2)9-11-3/h9-10H,4-8H2,1-3H3. The maximum atomic E-state index is 4.06. The zero-order chi connectivity index (χ0) is 8.53. The molecule has 0 aliphatic heterocycles. The SMILES string of the molecule is CCCCCC(C=NC)CC. The number of nitrogens with zero attached hydrogens (tertiary/aromatic N) is 1. The lowest BCUT2D eigenvalue weighted by Crippen LogP contribution is -1.99. The molecule has 0 saturated heterocycles. The number of hydrogen-bond acceptors (Lipinski definition) is 1. The van der Waals surface area contributed by atoms with E-state index in [-0.39, 0.29) is 0 Å². The van der Waals surface area contributed by atoms with Crippen molar-refractivity contribution >= 4 is 6.21 Å². The molecule has 0 aliphatic carbocycles. The molecule has 1 nitrogen and oxygen atoms in total. The molecule has 0 saturated carbocycles. The molecule has 66 valence electrons. The molecule has 0 aliphatic rings. The van der Waals surface area contributed by atoms with Crippen molar-refractivity contribution in [1.29, 1.82) is 0 Å². The fourth-order valence-corrected chi connectivity index (χ4v) is 1.25. The Morgan fingerprint density at radius 3 is 2.45 bits per heavy atom. The van der Waals surface area contributed by atoms with Crippen molar-refractivity contribution < 1.29 is 0 Å². The predicted molar refractivity (Wildman–Crippen MR) is 52.3 cm³/mol. The van der Waals surface area contributed by atoms with E-state index in [2.05, 4.69) is 25.1 Å². The molecule has 0 rings (SSSR count). The van der Waals surface area contributed by atoms with Gasteiger partial charge in [-0.05, 0) is 18.8 Å². The van der Waals surface area contributed by atoms with Gasteiger partial charge >= 0.3 is 0 Å². The molecule has 0 aromatic rings. The largest absolute Gasteiger partial charge is 0.301 e. The Kier molecular flexibility index (Phi) is 7.54. The highest BCUT2D eigenvalue weighted by Gasteiger charge is 2.00. The Morgan fingerprint density at radius 1 is 1.27 bits per heavy atom. The molecule has 0 bridgehead atoms. The van der Waals surface area contributed by atoms with Gasteiger partial charge < -0.3 is 4.99 Å². The van der Waals surface area contributed by atoms with Crippen molar-refractivity contribution in [1.82, 2.24) is 0 Å². The van der Waals surface area contributed by atoms with Crippen LogP contribution in [0.3, 0.4) is 0 Å². The van der Waals surface area contributed by atoms with Crippen LogP contribution in [0.1, 0.15) is 46.0 Å². The van der Waals surface area contributed by atoms with Crippen molar-refractivity contribution in [2.24, 2.45) is 10.9 Å². The zero-order valence-corrected chi connectivity index (χ0v) is 8.14. The molecule has 0 fully saturated rings. The normalized spacial score (nSPS) is 14.1. The van der Waals surface area contributed by atoms with Crippen molar-refractivity contribution in [2.75, 3.05) is 7.05 Å². The van der Waals surface area contributed by atoms with Crippen molar-refractivity contribution in [3.8, 4) is 0 Å². The van der Waals surface area contributed by atoms with E-state index in [0.29, 0.717) is 0 Å². The minimum absolute atomic E-state index is 0.728. The summed E-state index contributed by atoms with van der Waals surface area (Å²) in [4.78, 5) is 4.06. The summed E-state index contributed by atoms with van der Waals surface area (Å²) >= 11 is 0. The molecular formula is C10H21N. The van der Waals surface area contributed by atoms with Gasteiger partial charge in [-0.2, -0.15) is 0 Å². The Balaban J connectivity index is 3.36. The summed E-state index contributed by atoms with van der Waals surface area (Å²) in [6, 6.07) is 0. The van der Waals surface area contributed by atoms with Crippen LogP contribution >= 0.6 is 0 Å². The van der Waals surface area contributed by atoms with Crippen LogP contribution in [-0.4, -0.2) is 13.3 Å². The van der Waals surface area contributed by atoms with Crippen LogP contribution in [0.5, 0.6) is 0 Å². The first-order valence-corrected chi connectivity index (χ1v) is 4.77. The number of hydrogen-bond donors (Lipinski definition) is 0. The van der Waals surface area contributed by atoms with Crippen LogP contribution in [0.2, 0.25) is 0 Å². The van der Waals surface area contributed by atoms with Gasteiger partial charge in [-0.15, -0.1) is 0 Å². The molecule has 0 N–H and O–H groups in total. The smallest absolute Gasteiger partial charge is 0.0273 e. The van der Waals surface area contributed by atoms with Crippen molar-refractivity contribution in [2.45, 2.75) is 46.0 Å². The van der Waals surface area contributed by atoms with Crippen LogP contribution in [0.15, 0.2) is 4.99 Å². The summed E-state index contributed by atoms with van der Waals surface area (Å²) in [7, 11) is 1.86. The number of unbranched alkanes of at least 4 members (excludes halogenated alkanes) is 2. The van der Waals surface area contributed by atoms with E-state index in [1.165, 1.54) is 32.1 Å². The number of aliphatic imine (C=N–C) groups is 1. The second-order valence-corrected chi connectivity index (χ2v) is 3.07. The summed E-state index contributed by atoms with van der Waals surface area (Å²) in [5.41, 5.74) is 0. The van der Waals surface area contributed by atoms with Crippen molar-refractivity contribution in [3.05, 3.63) is 0 Å². The Bertz CT molecular complexity index is 97.0. The Labute approximate surface area is 70.9 Å². The maximum Gasteiger partial charge on any atom is 0.0273 e. The highest BCUT2D eigenvalue weighted by molar-refractivity contribution is 5.60. The minimum Gasteiger partial charge on any atom is -0.301 e. The second kappa shape index (κ2) is 7.77. The van der Waals surface area contributed by atoms with E-state index < -0.39 is 0 Å². The van der Waals surface area contributed by atoms with Crippen LogP contribution < -0.4 is 0 Å². The van der Waals surface area contributed by atoms with E-state index in [4.69, 9.17) is 0 Å². The highest BCUT2D eigenvalue weighted by atomic mass is 14.6. The second-order valence-electron chi connectivity index (χ2n) is 3.07. The monoisotopic (exact) mass is 155 g/mol. The van der Waals surface area contributed by atoms with Gasteiger partial charge in [0.2, 0.25) is 0 Å². The van der Waals surface area contributed by atoms with Crippen LogP contribution in [0.25, 0.3) is 0 Å². The lowest BCUT2D eigenvalue weighted by Gasteiger charge is -2.07. The summed E-state index contributed by atoms with van der Waals surface area (Å²) in [6.45, 7) is 4.48. The fourth-order valence-electron chi connectivity index (χ4n) is 1.25. The van der Waals surface area contributed by atoms with Gasteiger partial charge in [-0.25, -0.2) is 0 Å². The fraction of sp³-hybridized carbons (Fsp3) is 0.900. The van der Waals surface area contributed by atoms with Gasteiger partial charge in [0.25, 0.3) is 0 Å². The molecule has 0 amide bonds. The first kappa shape index (κ1) is 10.7. The minimum atomic E-state index is 0.728. The maximum absolute atomic E-state index is 4.06. The quantitative estimate of drug-likeness (QED) is 0.412. The van der Waals surface area contributed by atoms with Crippen LogP contribution in [0.4, 0.5) is 0 Å². The molecule has 0 heterocycles. The van der Waals surface area contributed by atoms with E-state index in [0.717, 1.165) is 5.92 Å². The van der Waals surface area contributed by atoms with Gasteiger partial charge in [0.15, 0.2) is 0 Å². The third kappa shape index (κ3) is 6.08. The lowest BCUT2D eigenvalue weighted by atomic mass is 10.0. The van der Waals surface area contributed by atoms with E-state index >= 15 is 0 Å².